The molecule has 0 aliphatic carbocycles. The minimum absolute atomic E-state index is 0.136. The first-order chi connectivity index (χ1) is 9.11. The molecule has 7 heteroatoms. The fourth-order valence-corrected chi connectivity index (χ4v) is 1.76. The Morgan fingerprint density at radius 3 is 2.95 bits per heavy atom. The van der Waals surface area contributed by atoms with Crippen LogP contribution in [0.1, 0.15) is 10.5 Å². The highest BCUT2D eigenvalue weighted by molar-refractivity contribution is 6.42. The summed E-state index contributed by atoms with van der Waals surface area (Å²) in [7, 11) is 1.55. The fourth-order valence-electron chi connectivity index (χ4n) is 1.41. The lowest BCUT2D eigenvalue weighted by Gasteiger charge is -2.08. The largest absolute Gasteiger partial charge is 0.470 e. The first-order valence-corrected chi connectivity index (χ1v) is 6.19. The number of hydrogen-bond donors (Lipinski definition) is 1. The summed E-state index contributed by atoms with van der Waals surface area (Å²) in [6.07, 6.45) is 1.64. The monoisotopic (exact) mass is 299 g/mol. The maximum Gasteiger partial charge on any atom is 0.271 e. The van der Waals surface area contributed by atoms with Crippen molar-refractivity contribution in [1.82, 2.24) is 15.1 Å². The predicted molar refractivity (Wildman–Crippen MR) is 72.7 cm³/mol. The molecule has 0 fully saturated rings. The molecule has 1 N–H and O–H groups in total. The number of hydrogen-bond acceptors (Lipinski definition) is 3. The van der Waals surface area contributed by atoms with Crippen molar-refractivity contribution in [3.8, 4) is 5.75 Å². The molecular weight excluding hydrogens is 289 g/mol. The lowest BCUT2D eigenvalue weighted by atomic mass is 10.3. The van der Waals surface area contributed by atoms with Crippen LogP contribution in [0.15, 0.2) is 30.5 Å². The van der Waals surface area contributed by atoms with Gasteiger partial charge in [0, 0.05) is 13.2 Å². The molecule has 0 saturated carbocycles. The molecule has 2 rings (SSSR count). The maximum atomic E-state index is 11.3. The number of amides is 1. The second kappa shape index (κ2) is 5.95. The van der Waals surface area contributed by atoms with Crippen LogP contribution in [0, 0.1) is 0 Å². The van der Waals surface area contributed by atoms with E-state index in [1.165, 1.54) is 4.68 Å². The van der Waals surface area contributed by atoms with Gasteiger partial charge in [0.05, 0.1) is 5.02 Å². The summed E-state index contributed by atoms with van der Waals surface area (Å²) in [4.78, 5) is 11.3. The van der Waals surface area contributed by atoms with Crippen LogP contribution in [0.5, 0.6) is 5.75 Å². The number of carbonyl (C=O) groups is 1. The Kier molecular flexibility index (Phi) is 4.29. The number of halogens is 2. The van der Waals surface area contributed by atoms with Gasteiger partial charge in [0.15, 0.2) is 6.73 Å². The zero-order valence-electron chi connectivity index (χ0n) is 10.1. The number of carbonyl (C=O) groups excluding carboxylic acids is 1. The number of rotatable bonds is 4. The number of aromatic nitrogens is 2. The molecule has 100 valence electrons. The third-order valence-electron chi connectivity index (χ3n) is 2.37. The third-order valence-corrected chi connectivity index (χ3v) is 3.17. The quantitative estimate of drug-likeness (QED) is 0.944. The van der Waals surface area contributed by atoms with Crippen molar-refractivity contribution in [2.24, 2.45) is 0 Å². The molecule has 2 aromatic rings. The molecular formula is C12H11Cl2N3O2. The average Bonchev–Trinajstić information content (AvgIpc) is 2.88. The Morgan fingerprint density at radius 1 is 1.42 bits per heavy atom. The van der Waals surface area contributed by atoms with Gasteiger partial charge >= 0.3 is 0 Å². The van der Waals surface area contributed by atoms with Gasteiger partial charge in [-0.15, -0.1) is 0 Å². The first kappa shape index (κ1) is 13.7. The van der Waals surface area contributed by atoms with Crippen LogP contribution in [0.2, 0.25) is 10.0 Å². The Bertz CT molecular complexity index is 598. The highest BCUT2D eigenvalue weighted by atomic mass is 35.5. The minimum atomic E-state index is -0.250. The third kappa shape index (κ3) is 3.19. The van der Waals surface area contributed by atoms with Crippen molar-refractivity contribution < 1.29 is 9.53 Å². The number of ether oxygens (including phenoxy) is 1. The van der Waals surface area contributed by atoms with Crippen LogP contribution in [0.4, 0.5) is 0 Å². The summed E-state index contributed by atoms with van der Waals surface area (Å²) in [5, 5.41) is 7.31. The molecule has 0 aliphatic rings. The number of benzene rings is 1. The molecule has 1 heterocycles. The van der Waals surface area contributed by atoms with E-state index in [1.807, 2.05) is 0 Å². The van der Waals surface area contributed by atoms with E-state index in [4.69, 9.17) is 27.9 Å². The average molecular weight is 300 g/mol. The van der Waals surface area contributed by atoms with Crippen LogP contribution in [-0.2, 0) is 6.73 Å². The van der Waals surface area contributed by atoms with E-state index in [2.05, 4.69) is 10.4 Å². The molecule has 0 atom stereocenters. The second-order valence-electron chi connectivity index (χ2n) is 3.64. The molecule has 0 saturated heterocycles. The molecule has 0 unspecified atom stereocenters. The molecule has 1 amide bonds. The smallest absolute Gasteiger partial charge is 0.271 e. The highest BCUT2D eigenvalue weighted by Gasteiger charge is 2.08. The molecule has 5 nitrogen and oxygen atoms in total. The molecule has 0 radical (unpaired) electrons. The van der Waals surface area contributed by atoms with Gasteiger partial charge in [-0.3, -0.25) is 4.79 Å². The highest BCUT2D eigenvalue weighted by Crippen LogP contribution is 2.31. The van der Waals surface area contributed by atoms with E-state index in [0.29, 0.717) is 21.5 Å². The molecule has 19 heavy (non-hydrogen) atoms. The summed E-state index contributed by atoms with van der Waals surface area (Å²) in [5.74, 6) is 0.214. The zero-order chi connectivity index (χ0) is 13.8. The van der Waals surface area contributed by atoms with Crippen molar-refractivity contribution in [2.45, 2.75) is 6.73 Å². The number of nitrogens with zero attached hydrogens (tertiary/aromatic N) is 2. The van der Waals surface area contributed by atoms with Crippen LogP contribution in [-0.4, -0.2) is 22.7 Å². The van der Waals surface area contributed by atoms with Gasteiger partial charge in [-0.1, -0.05) is 29.3 Å². The van der Waals surface area contributed by atoms with Crippen molar-refractivity contribution in [3.63, 3.8) is 0 Å². The maximum absolute atomic E-state index is 11.3. The Morgan fingerprint density at radius 2 is 2.21 bits per heavy atom. The van der Waals surface area contributed by atoms with Crippen LogP contribution in [0.25, 0.3) is 0 Å². The van der Waals surface area contributed by atoms with E-state index >= 15 is 0 Å². The zero-order valence-corrected chi connectivity index (χ0v) is 11.6. The minimum Gasteiger partial charge on any atom is -0.470 e. The van der Waals surface area contributed by atoms with Gasteiger partial charge in [0.2, 0.25) is 0 Å². The SMILES string of the molecule is CNC(=O)c1ccn(COc2cccc(Cl)c2Cl)n1. The van der Waals surface area contributed by atoms with E-state index < -0.39 is 0 Å². The van der Waals surface area contributed by atoms with Gasteiger partial charge in [0.25, 0.3) is 5.91 Å². The second-order valence-corrected chi connectivity index (χ2v) is 4.43. The molecule has 0 bridgehead atoms. The van der Waals surface area contributed by atoms with Gasteiger partial charge in [-0.25, -0.2) is 4.68 Å². The van der Waals surface area contributed by atoms with Crippen molar-refractivity contribution in [1.29, 1.82) is 0 Å². The Labute approximate surface area is 120 Å². The topological polar surface area (TPSA) is 56.2 Å². The molecule has 0 spiro atoms. The van der Waals surface area contributed by atoms with E-state index in [0.717, 1.165) is 0 Å². The Balaban J connectivity index is 2.04. The van der Waals surface area contributed by atoms with Crippen LogP contribution >= 0.6 is 23.2 Å². The number of nitrogens with one attached hydrogen (secondary N) is 1. The first-order valence-electron chi connectivity index (χ1n) is 5.44. The molecule has 1 aromatic carbocycles. The molecule has 1 aromatic heterocycles. The summed E-state index contributed by atoms with van der Waals surface area (Å²) in [5.41, 5.74) is 0.322. The predicted octanol–water partition coefficient (Wildman–Crippen LogP) is 2.59. The van der Waals surface area contributed by atoms with Crippen molar-refractivity contribution >= 4 is 29.1 Å². The summed E-state index contributed by atoms with van der Waals surface area (Å²) < 4.78 is 6.97. The lowest BCUT2D eigenvalue weighted by molar-refractivity contribution is 0.0956. The van der Waals surface area contributed by atoms with Gasteiger partial charge in [0.1, 0.15) is 16.5 Å². The normalized spacial score (nSPS) is 10.3. The van der Waals surface area contributed by atoms with E-state index in [1.54, 1.807) is 37.5 Å². The fraction of sp³-hybridized carbons (Fsp3) is 0.167. The Hall–Kier alpha value is -1.72. The van der Waals surface area contributed by atoms with Gasteiger partial charge in [-0.05, 0) is 18.2 Å². The summed E-state index contributed by atoms with van der Waals surface area (Å²) in [6.45, 7) is 0.136. The van der Waals surface area contributed by atoms with Gasteiger partial charge in [-0.2, -0.15) is 5.10 Å². The lowest BCUT2D eigenvalue weighted by Crippen LogP contribution is -2.19. The summed E-state index contributed by atoms with van der Waals surface area (Å²) >= 11 is 11.9. The van der Waals surface area contributed by atoms with Crippen LogP contribution in [0.3, 0.4) is 0 Å². The van der Waals surface area contributed by atoms with E-state index in [-0.39, 0.29) is 12.6 Å². The van der Waals surface area contributed by atoms with E-state index in [9.17, 15) is 4.79 Å². The van der Waals surface area contributed by atoms with Crippen molar-refractivity contribution in [2.75, 3.05) is 7.05 Å². The standard InChI is InChI=1S/C12H11Cl2N3O2/c1-15-12(18)9-5-6-17(16-9)7-19-10-4-2-3-8(13)11(10)14/h2-6H,7H2,1H3,(H,15,18). The summed E-state index contributed by atoms with van der Waals surface area (Å²) in [6, 6.07) is 6.72. The van der Waals surface area contributed by atoms with Crippen molar-refractivity contribution in [3.05, 3.63) is 46.2 Å². The molecule has 0 aliphatic heterocycles. The van der Waals surface area contributed by atoms with Crippen LogP contribution < -0.4 is 10.1 Å². The van der Waals surface area contributed by atoms with Gasteiger partial charge < -0.3 is 10.1 Å².